The van der Waals surface area contributed by atoms with Gasteiger partial charge in [-0.2, -0.15) is 0 Å². The van der Waals surface area contributed by atoms with Gasteiger partial charge in [-0.05, 0) is 45.3 Å². The summed E-state index contributed by atoms with van der Waals surface area (Å²) in [4.78, 5) is 25.0. The number of carbonyl (C=O) groups is 1. The highest BCUT2D eigenvalue weighted by molar-refractivity contribution is 9.11. The quantitative estimate of drug-likeness (QED) is 0.242. The van der Waals surface area contributed by atoms with Crippen molar-refractivity contribution >= 4 is 48.6 Å². The molecule has 0 unspecified atom stereocenters. The average molecular weight is 498 g/mol. The highest BCUT2D eigenvalue weighted by atomic mass is 79.9. The molecule has 3 aromatic carbocycles. The molecule has 138 valence electrons. The minimum atomic E-state index is -0.496. The molecule has 28 heavy (non-hydrogen) atoms. The van der Waals surface area contributed by atoms with Crippen molar-refractivity contribution in [3.8, 4) is 11.1 Å². The highest BCUT2D eigenvalue weighted by Gasteiger charge is 2.14. The Bertz CT molecular complexity index is 1230. The molecule has 0 saturated carbocycles. The van der Waals surface area contributed by atoms with Gasteiger partial charge in [-0.1, -0.05) is 70.5 Å². The standard InChI is InChI=1S/C23H14Br2O3/c24-19-11-17-10-18(23(27)28-22(17)20(25)13-19)12-21(26)16-8-6-15(7-9-16)14-4-2-1-3-5-14/h1-11,13H,12H2. The summed E-state index contributed by atoms with van der Waals surface area (Å²) in [5.74, 6) is -0.125. The van der Waals surface area contributed by atoms with Gasteiger partial charge in [0, 0.05) is 27.4 Å². The van der Waals surface area contributed by atoms with Crippen LogP contribution in [-0.2, 0) is 6.42 Å². The summed E-state index contributed by atoms with van der Waals surface area (Å²) < 4.78 is 6.96. The van der Waals surface area contributed by atoms with Crippen molar-refractivity contribution < 1.29 is 9.21 Å². The fourth-order valence-corrected chi connectivity index (χ4v) is 4.42. The molecule has 0 aliphatic rings. The zero-order chi connectivity index (χ0) is 19.7. The number of ketones is 1. The minimum Gasteiger partial charge on any atom is -0.421 e. The maximum absolute atomic E-state index is 12.7. The van der Waals surface area contributed by atoms with Crippen molar-refractivity contribution in [3.05, 3.63) is 103 Å². The number of Topliss-reactive ketones (excluding diaryl/α,β-unsaturated/α-hetero) is 1. The molecule has 1 aromatic heterocycles. The number of fused-ring (bicyclic) bond motifs is 1. The van der Waals surface area contributed by atoms with Crippen LogP contribution >= 0.6 is 31.9 Å². The number of hydrogen-bond donors (Lipinski definition) is 0. The Labute approximate surface area is 178 Å². The van der Waals surface area contributed by atoms with Gasteiger partial charge in [-0.3, -0.25) is 4.79 Å². The second-order valence-corrected chi connectivity index (χ2v) is 8.18. The predicted octanol–water partition coefficient (Wildman–Crippen LogP) is 6.41. The van der Waals surface area contributed by atoms with E-state index < -0.39 is 5.63 Å². The van der Waals surface area contributed by atoms with Crippen molar-refractivity contribution in [2.45, 2.75) is 6.42 Å². The molecule has 0 saturated heterocycles. The molecule has 0 fully saturated rings. The first-order valence-corrected chi connectivity index (χ1v) is 10.2. The molecular weight excluding hydrogens is 484 g/mol. The van der Waals surface area contributed by atoms with E-state index in [2.05, 4.69) is 31.9 Å². The summed E-state index contributed by atoms with van der Waals surface area (Å²) in [5, 5.41) is 0.753. The van der Waals surface area contributed by atoms with Gasteiger partial charge in [-0.15, -0.1) is 0 Å². The molecule has 0 aliphatic heterocycles. The summed E-state index contributed by atoms with van der Waals surface area (Å²) in [6, 6.07) is 22.8. The molecule has 0 radical (unpaired) electrons. The van der Waals surface area contributed by atoms with Crippen molar-refractivity contribution in [1.29, 1.82) is 0 Å². The monoisotopic (exact) mass is 496 g/mol. The van der Waals surface area contributed by atoms with Gasteiger partial charge < -0.3 is 4.42 Å². The second-order valence-electron chi connectivity index (χ2n) is 6.41. The first-order valence-electron chi connectivity index (χ1n) is 8.62. The molecule has 0 atom stereocenters. The summed E-state index contributed by atoms with van der Waals surface area (Å²) in [7, 11) is 0. The number of halogens is 2. The molecular formula is C23H14Br2O3. The molecule has 0 bridgehead atoms. The van der Waals surface area contributed by atoms with Gasteiger partial charge >= 0.3 is 5.63 Å². The number of benzene rings is 3. The van der Waals surface area contributed by atoms with Crippen LogP contribution in [-0.4, -0.2) is 5.78 Å². The first-order chi connectivity index (χ1) is 13.5. The average Bonchev–Trinajstić information content (AvgIpc) is 2.70. The van der Waals surface area contributed by atoms with E-state index in [1.807, 2.05) is 54.6 Å². The number of carbonyl (C=O) groups excluding carboxylic acids is 1. The van der Waals surface area contributed by atoms with Crippen LogP contribution in [0.3, 0.4) is 0 Å². The Hall–Kier alpha value is -2.50. The van der Waals surface area contributed by atoms with Crippen LogP contribution in [0.1, 0.15) is 15.9 Å². The summed E-state index contributed by atoms with van der Waals surface area (Å²) in [6.07, 6.45) is -0.00686. The summed E-state index contributed by atoms with van der Waals surface area (Å²) >= 11 is 6.81. The Morgan fingerprint density at radius 2 is 1.54 bits per heavy atom. The molecule has 0 spiro atoms. The van der Waals surface area contributed by atoms with Crippen LogP contribution in [0.5, 0.6) is 0 Å². The smallest absolute Gasteiger partial charge is 0.339 e. The third-order valence-electron chi connectivity index (χ3n) is 4.49. The first kappa shape index (κ1) is 18.8. The van der Waals surface area contributed by atoms with E-state index in [-0.39, 0.29) is 12.2 Å². The van der Waals surface area contributed by atoms with Crippen LogP contribution in [0.2, 0.25) is 0 Å². The fraction of sp³-hybridized carbons (Fsp3) is 0.0435. The van der Waals surface area contributed by atoms with Crippen molar-refractivity contribution in [1.82, 2.24) is 0 Å². The van der Waals surface area contributed by atoms with Crippen LogP contribution < -0.4 is 5.63 Å². The number of hydrogen-bond acceptors (Lipinski definition) is 3. The largest absolute Gasteiger partial charge is 0.421 e. The van der Waals surface area contributed by atoms with Crippen molar-refractivity contribution in [2.75, 3.05) is 0 Å². The fourth-order valence-electron chi connectivity index (χ4n) is 3.08. The van der Waals surface area contributed by atoms with Crippen LogP contribution in [0, 0.1) is 0 Å². The molecule has 1 heterocycles. The van der Waals surface area contributed by atoms with E-state index in [4.69, 9.17) is 4.42 Å². The lowest BCUT2D eigenvalue weighted by Crippen LogP contribution is -2.13. The van der Waals surface area contributed by atoms with Gasteiger partial charge in [0.1, 0.15) is 0 Å². The van der Waals surface area contributed by atoms with E-state index in [1.165, 1.54) is 0 Å². The molecule has 0 aliphatic carbocycles. The summed E-state index contributed by atoms with van der Waals surface area (Å²) in [6.45, 7) is 0. The Kier molecular flexibility index (Phi) is 5.29. The Morgan fingerprint density at radius 3 is 2.25 bits per heavy atom. The van der Waals surface area contributed by atoms with Gasteiger partial charge in [0.25, 0.3) is 0 Å². The molecule has 3 nitrogen and oxygen atoms in total. The zero-order valence-electron chi connectivity index (χ0n) is 14.6. The SMILES string of the molecule is O=C(Cc1cc2cc(Br)cc(Br)c2oc1=O)c1ccc(-c2ccccc2)cc1. The topological polar surface area (TPSA) is 47.3 Å². The second kappa shape index (κ2) is 7.86. The lowest BCUT2D eigenvalue weighted by Gasteiger charge is -2.06. The van der Waals surface area contributed by atoms with Crippen molar-refractivity contribution in [3.63, 3.8) is 0 Å². The molecule has 0 amide bonds. The Morgan fingerprint density at radius 1 is 0.857 bits per heavy atom. The predicted molar refractivity (Wildman–Crippen MR) is 118 cm³/mol. The van der Waals surface area contributed by atoms with Gasteiger partial charge in [-0.25, -0.2) is 4.79 Å². The third-order valence-corrected chi connectivity index (χ3v) is 5.54. The lowest BCUT2D eigenvalue weighted by atomic mass is 9.99. The van der Waals surface area contributed by atoms with Crippen LogP contribution in [0.15, 0.2) is 91.0 Å². The lowest BCUT2D eigenvalue weighted by molar-refractivity contribution is 0.0992. The molecule has 0 N–H and O–H groups in total. The van der Waals surface area contributed by atoms with E-state index in [9.17, 15) is 9.59 Å². The normalized spacial score (nSPS) is 10.9. The van der Waals surface area contributed by atoms with Crippen LogP contribution in [0.4, 0.5) is 0 Å². The minimum absolute atomic E-state index is 0.00686. The third kappa shape index (κ3) is 3.86. The van der Waals surface area contributed by atoms with E-state index >= 15 is 0 Å². The van der Waals surface area contributed by atoms with Gasteiger partial charge in [0.15, 0.2) is 11.4 Å². The maximum atomic E-state index is 12.7. The van der Waals surface area contributed by atoms with Gasteiger partial charge in [0.05, 0.1) is 4.47 Å². The van der Waals surface area contributed by atoms with Crippen LogP contribution in [0.25, 0.3) is 22.1 Å². The molecule has 4 aromatic rings. The van der Waals surface area contributed by atoms with Gasteiger partial charge in [0.2, 0.25) is 0 Å². The molecule has 4 rings (SSSR count). The maximum Gasteiger partial charge on any atom is 0.339 e. The van der Waals surface area contributed by atoms with E-state index in [1.54, 1.807) is 18.2 Å². The van der Waals surface area contributed by atoms with E-state index in [0.29, 0.717) is 21.2 Å². The zero-order valence-corrected chi connectivity index (χ0v) is 17.8. The van der Waals surface area contributed by atoms with E-state index in [0.717, 1.165) is 21.0 Å². The summed E-state index contributed by atoms with van der Waals surface area (Å²) in [5.41, 5.74) is 3.01. The highest BCUT2D eigenvalue weighted by Crippen LogP contribution is 2.28. The number of rotatable bonds is 4. The molecule has 5 heteroatoms. The Balaban J connectivity index is 1.61. The van der Waals surface area contributed by atoms with Crippen molar-refractivity contribution in [2.24, 2.45) is 0 Å².